The molecular formula is C14H23N3O4. The third kappa shape index (κ3) is 6.45. The predicted molar refractivity (Wildman–Crippen MR) is 75.6 cm³/mol. The van der Waals surface area contributed by atoms with Crippen LogP contribution in [0.15, 0.2) is 0 Å². The molecule has 2 amide bonds. The number of ether oxygens (including phenoxy) is 1. The molecule has 1 fully saturated rings. The highest BCUT2D eigenvalue weighted by molar-refractivity contribution is 5.76. The van der Waals surface area contributed by atoms with E-state index >= 15 is 0 Å². The normalized spacial score (nSPS) is 20.5. The quantitative estimate of drug-likeness (QED) is 0.811. The lowest BCUT2D eigenvalue weighted by Crippen LogP contribution is -2.52. The van der Waals surface area contributed by atoms with Crippen LogP contribution in [0.5, 0.6) is 0 Å². The second kappa shape index (κ2) is 7.27. The van der Waals surface area contributed by atoms with Crippen molar-refractivity contribution in [1.82, 2.24) is 10.2 Å². The van der Waals surface area contributed by atoms with E-state index < -0.39 is 18.1 Å². The Hall–Kier alpha value is -1.81. The molecular weight excluding hydrogens is 274 g/mol. The van der Waals surface area contributed by atoms with Crippen LogP contribution in [0.25, 0.3) is 0 Å². The minimum Gasteiger partial charge on any atom is -0.481 e. The molecule has 118 valence electrons. The van der Waals surface area contributed by atoms with Gasteiger partial charge in [-0.1, -0.05) is 20.8 Å². The third-order valence-electron chi connectivity index (χ3n) is 3.11. The van der Waals surface area contributed by atoms with Crippen LogP contribution in [0.4, 0.5) is 4.79 Å². The topological polar surface area (TPSA) is 103 Å². The fourth-order valence-electron chi connectivity index (χ4n) is 2.30. The van der Waals surface area contributed by atoms with E-state index in [2.05, 4.69) is 5.32 Å². The smallest absolute Gasteiger partial charge is 0.317 e. The number of amides is 2. The standard InChI is InChI=1S/C14H23N3O4/c1-14(2,3)7-10(6-12(18)19)16-13(20)17-4-5-21-11(8-15)9-17/h10-11H,4-7,9H2,1-3H3,(H,16,20)(H,18,19). The van der Waals surface area contributed by atoms with Gasteiger partial charge in [-0.3, -0.25) is 4.79 Å². The van der Waals surface area contributed by atoms with Crippen LogP contribution in [0.3, 0.4) is 0 Å². The summed E-state index contributed by atoms with van der Waals surface area (Å²) in [6.45, 7) is 6.91. The van der Waals surface area contributed by atoms with Crippen LogP contribution in [-0.2, 0) is 9.53 Å². The van der Waals surface area contributed by atoms with Gasteiger partial charge in [-0.15, -0.1) is 0 Å². The van der Waals surface area contributed by atoms with Crippen molar-refractivity contribution in [2.45, 2.75) is 45.8 Å². The van der Waals surface area contributed by atoms with Crippen molar-refractivity contribution < 1.29 is 19.4 Å². The molecule has 2 atom stereocenters. The number of morpholine rings is 1. The van der Waals surface area contributed by atoms with Crippen LogP contribution < -0.4 is 5.32 Å². The molecule has 1 rings (SSSR count). The Balaban J connectivity index is 2.62. The molecule has 1 heterocycles. The van der Waals surface area contributed by atoms with E-state index in [4.69, 9.17) is 15.1 Å². The number of nitrogens with one attached hydrogen (secondary N) is 1. The first-order chi connectivity index (χ1) is 9.71. The highest BCUT2D eigenvalue weighted by Crippen LogP contribution is 2.22. The van der Waals surface area contributed by atoms with Gasteiger partial charge in [0.2, 0.25) is 0 Å². The van der Waals surface area contributed by atoms with E-state index in [9.17, 15) is 9.59 Å². The molecule has 0 aromatic rings. The number of nitrogens with zero attached hydrogens (tertiary/aromatic N) is 2. The van der Waals surface area contributed by atoms with Crippen LogP contribution in [0.2, 0.25) is 0 Å². The lowest BCUT2D eigenvalue weighted by molar-refractivity contribution is -0.137. The number of carboxylic acids is 1. The maximum atomic E-state index is 12.2. The van der Waals surface area contributed by atoms with E-state index in [0.29, 0.717) is 19.6 Å². The number of aliphatic carboxylic acids is 1. The second-order valence-corrected chi connectivity index (χ2v) is 6.44. The number of carboxylic acid groups (broad SMARTS) is 1. The Morgan fingerprint density at radius 3 is 2.71 bits per heavy atom. The zero-order valence-electron chi connectivity index (χ0n) is 12.8. The Morgan fingerprint density at radius 1 is 1.52 bits per heavy atom. The first-order valence-electron chi connectivity index (χ1n) is 7.00. The van der Waals surface area contributed by atoms with Crippen LogP contribution in [0.1, 0.15) is 33.6 Å². The number of urea groups is 1. The van der Waals surface area contributed by atoms with Crippen LogP contribution >= 0.6 is 0 Å². The summed E-state index contributed by atoms with van der Waals surface area (Å²) in [5.41, 5.74) is -0.0897. The van der Waals surface area contributed by atoms with E-state index in [1.165, 1.54) is 4.90 Å². The van der Waals surface area contributed by atoms with Crippen molar-refractivity contribution in [3.8, 4) is 6.07 Å². The maximum absolute atomic E-state index is 12.2. The SMILES string of the molecule is CC(C)(C)CC(CC(=O)O)NC(=O)N1CCOC(C#N)C1. The Kier molecular flexibility index (Phi) is 5.97. The average molecular weight is 297 g/mol. The lowest BCUT2D eigenvalue weighted by atomic mass is 9.87. The molecule has 0 aromatic heterocycles. The number of nitriles is 1. The molecule has 0 bridgehead atoms. The van der Waals surface area contributed by atoms with Gasteiger partial charge in [-0.2, -0.15) is 5.26 Å². The molecule has 1 aliphatic rings. The van der Waals surface area contributed by atoms with Gasteiger partial charge in [-0.05, 0) is 11.8 Å². The molecule has 2 unspecified atom stereocenters. The summed E-state index contributed by atoms with van der Waals surface area (Å²) in [7, 11) is 0. The van der Waals surface area contributed by atoms with Gasteiger partial charge in [0.05, 0.1) is 25.6 Å². The minimum atomic E-state index is -0.943. The molecule has 7 heteroatoms. The van der Waals surface area contributed by atoms with E-state index in [-0.39, 0.29) is 24.4 Å². The van der Waals surface area contributed by atoms with Gasteiger partial charge in [0.1, 0.15) is 0 Å². The molecule has 21 heavy (non-hydrogen) atoms. The lowest BCUT2D eigenvalue weighted by Gasteiger charge is -2.32. The first-order valence-corrected chi connectivity index (χ1v) is 7.00. The fraction of sp³-hybridized carbons (Fsp3) is 0.786. The monoisotopic (exact) mass is 297 g/mol. The van der Waals surface area contributed by atoms with Gasteiger partial charge < -0.3 is 20.1 Å². The zero-order valence-corrected chi connectivity index (χ0v) is 12.8. The number of hydrogen-bond acceptors (Lipinski definition) is 4. The van der Waals surface area contributed by atoms with Crippen molar-refractivity contribution >= 4 is 12.0 Å². The van der Waals surface area contributed by atoms with Crippen LogP contribution in [-0.4, -0.2) is 53.8 Å². The summed E-state index contributed by atoms with van der Waals surface area (Å²) in [5.74, 6) is -0.943. The van der Waals surface area contributed by atoms with Crippen molar-refractivity contribution in [2.24, 2.45) is 5.41 Å². The van der Waals surface area contributed by atoms with Gasteiger partial charge >= 0.3 is 12.0 Å². The van der Waals surface area contributed by atoms with E-state index in [1.807, 2.05) is 26.8 Å². The Bertz CT molecular complexity index is 425. The fourth-order valence-corrected chi connectivity index (χ4v) is 2.30. The number of rotatable bonds is 4. The van der Waals surface area contributed by atoms with Gasteiger partial charge in [0.25, 0.3) is 0 Å². The van der Waals surface area contributed by atoms with E-state index in [0.717, 1.165) is 0 Å². The summed E-state index contributed by atoms with van der Waals surface area (Å²) in [6, 6.07) is 1.20. The molecule has 0 spiro atoms. The Labute approximate surface area is 124 Å². The minimum absolute atomic E-state index is 0.0897. The summed E-state index contributed by atoms with van der Waals surface area (Å²) in [6.07, 6.45) is -0.170. The molecule has 7 nitrogen and oxygen atoms in total. The first kappa shape index (κ1) is 17.2. The van der Waals surface area contributed by atoms with Crippen molar-refractivity contribution in [3.05, 3.63) is 0 Å². The van der Waals surface area contributed by atoms with Crippen molar-refractivity contribution in [2.75, 3.05) is 19.7 Å². The van der Waals surface area contributed by atoms with Crippen molar-refractivity contribution in [3.63, 3.8) is 0 Å². The molecule has 0 aromatic carbocycles. The Morgan fingerprint density at radius 2 is 2.19 bits per heavy atom. The summed E-state index contributed by atoms with van der Waals surface area (Å²) >= 11 is 0. The molecule has 1 aliphatic heterocycles. The molecule has 0 saturated carbocycles. The molecule has 1 saturated heterocycles. The number of carbonyl (C=O) groups is 2. The van der Waals surface area contributed by atoms with Gasteiger partial charge in [0.15, 0.2) is 6.10 Å². The molecule has 0 aliphatic carbocycles. The number of carbonyl (C=O) groups excluding carboxylic acids is 1. The highest BCUT2D eigenvalue weighted by atomic mass is 16.5. The van der Waals surface area contributed by atoms with Gasteiger partial charge in [-0.25, -0.2) is 4.79 Å². The van der Waals surface area contributed by atoms with Crippen molar-refractivity contribution in [1.29, 1.82) is 5.26 Å². The van der Waals surface area contributed by atoms with Gasteiger partial charge in [0, 0.05) is 12.6 Å². The average Bonchev–Trinajstić information content (AvgIpc) is 2.35. The summed E-state index contributed by atoms with van der Waals surface area (Å²) < 4.78 is 5.18. The predicted octanol–water partition coefficient (Wildman–Crippen LogP) is 1.20. The summed E-state index contributed by atoms with van der Waals surface area (Å²) in [5, 5.41) is 20.5. The zero-order chi connectivity index (χ0) is 16.0. The summed E-state index contributed by atoms with van der Waals surface area (Å²) in [4.78, 5) is 24.6. The number of hydrogen-bond donors (Lipinski definition) is 2. The molecule has 0 radical (unpaired) electrons. The second-order valence-electron chi connectivity index (χ2n) is 6.44. The highest BCUT2D eigenvalue weighted by Gasteiger charge is 2.28. The van der Waals surface area contributed by atoms with Crippen LogP contribution in [0, 0.1) is 16.7 Å². The third-order valence-corrected chi connectivity index (χ3v) is 3.11. The molecule has 2 N–H and O–H groups in total. The largest absolute Gasteiger partial charge is 0.481 e. The maximum Gasteiger partial charge on any atom is 0.317 e. The van der Waals surface area contributed by atoms with E-state index in [1.54, 1.807) is 0 Å².